The van der Waals surface area contributed by atoms with Crippen molar-refractivity contribution >= 4 is 35.1 Å². The molecule has 1 N–H and O–H groups in total. The Morgan fingerprint density at radius 1 is 0.971 bits per heavy atom. The van der Waals surface area contributed by atoms with E-state index in [2.05, 4.69) is 15.2 Å². The number of aryl methyl sites for hydroxylation is 2. The predicted molar refractivity (Wildman–Crippen MR) is 142 cm³/mol. The predicted octanol–water partition coefficient (Wildman–Crippen LogP) is 4.93. The van der Waals surface area contributed by atoms with E-state index < -0.39 is 0 Å². The molecule has 8 heteroatoms. The highest BCUT2D eigenvalue weighted by atomic mass is 32.2. The summed E-state index contributed by atoms with van der Waals surface area (Å²) < 4.78 is 0. The Kier molecular flexibility index (Phi) is 7.29. The molecule has 1 aromatic carbocycles. The van der Waals surface area contributed by atoms with E-state index in [0.717, 1.165) is 53.9 Å². The molecular formula is C27H35N5O2S. The SMILES string of the molecule is Cc1cc(C)c2c(n1)SCCN2C(=O)Nc1ccc(C(=O)N2CCN(C3CCCCC3)CC2)cc1. The number of hydrogen-bond acceptors (Lipinski definition) is 5. The number of piperazine rings is 1. The normalized spacial score (nSPS) is 19.4. The largest absolute Gasteiger partial charge is 0.336 e. The standard InChI is InChI=1S/C27H35N5O2S/c1-19-18-20(2)28-25-24(19)32(16-17-35-25)27(34)29-22-10-8-21(9-11-22)26(33)31-14-12-30(13-15-31)23-6-4-3-5-7-23/h8-11,18,23H,3-7,12-17H2,1-2H3,(H,29,34). The monoisotopic (exact) mass is 493 g/mol. The molecule has 2 aliphatic heterocycles. The Bertz CT molecular complexity index is 1080. The molecule has 0 bridgehead atoms. The maximum absolute atomic E-state index is 13.1. The summed E-state index contributed by atoms with van der Waals surface area (Å²) in [7, 11) is 0. The van der Waals surface area contributed by atoms with Crippen LogP contribution >= 0.6 is 11.8 Å². The first kappa shape index (κ1) is 24.1. The molecule has 1 saturated heterocycles. The molecular weight excluding hydrogens is 458 g/mol. The van der Waals surface area contributed by atoms with Crippen molar-refractivity contribution in [3.8, 4) is 0 Å². The summed E-state index contributed by atoms with van der Waals surface area (Å²) in [6.07, 6.45) is 6.65. The summed E-state index contributed by atoms with van der Waals surface area (Å²) in [4.78, 5) is 37.1. The molecule has 0 spiro atoms. The van der Waals surface area contributed by atoms with Gasteiger partial charge in [0, 0.05) is 61.5 Å². The molecule has 186 valence electrons. The van der Waals surface area contributed by atoms with Crippen LogP contribution in [-0.2, 0) is 0 Å². The molecule has 0 radical (unpaired) electrons. The van der Waals surface area contributed by atoms with Crippen molar-refractivity contribution in [1.29, 1.82) is 0 Å². The molecule has 3 aliphatic rings. The molecule has 7 nitrogen and oxygen atoms in total. The number of urea groups is 1. The molecule has 1 saturated carbocycles. The van der Waals surface area contributed by atoms with E-state index in [9.17, 15) is 9.59 Å². The molecule has 0 atom stereocenters. The van der Waals surface area contributed by atoms with Crippen molar-refractivity contribution in [2.75, 3.05) is 48.7 Å². The number of pyridine rings is 1. The van der Waals surface area contributed by atoms with Gasteiger partial charge >= 0.3 is 6.03 Å². The fourth-order valence-corrected chi connectivity index (χ4v) is 6.66. The van der Waals surface area contributed by atoms with Crippen LogP contribution in [-0.4, -0.2) is 71.2 Å². The van der Waals surface area contributed by atoms with Gasteiger partial charge in [-0.2, -0.15) is 0 Å². The maximum atomic E-state index is 13.1. The fourth-order valence-electron chi connectivity index (χ4n) is 5.58. The minimum Gasteiger partial charge on any atom is -0.336 e. The molecule has 0 unspecified atom stereocenters. The van der Waals surface area contributed by atoms with Crippen LogP contribution in [0.25, 0.3) is 0 Å². The molecule has 3 heterocycles. The first-order valence-corrected chi connectivity index (χ1v) is 13.8. The summed E-state index contributed by atoms with van der Waals surface area (Å²) in [6.45, 7) is 8.14. The first-order chi connectivity index (χ1) is 17.0. The van der Waals surface area contributed by atoms with Gasteiger partial charge < -0.3 is 10.2 Å². The number of carbonyl (C=O) groups is 2. The second kappa shape index (κ2) is 10.6. The van der Waals surface area contributed by atoms with Crippen molar-refractivity contribution < 1.29 is 9.59 Å². The number of aromatic nitrogens is 1. The van der Waals surface area contributed by atoms with Gasteiger partial charge in [-0.25, -0.2) is 9.78 Å². The average Bonchev–Trinajstić information content (AvgIpc) is 2.89. The van der Waals surface area contributed by atoms with Crippen molar-refractivity contribution in [2.24, 2.45) is 0 Å². The van der Waals surface area contributed by atoms with Crippen molar-refractivity contribution in [3.05, 3.63) is 47.2 Å². The van der Waals surface area contributed by atoms with Gasteiger partial charge in [0.1, 0.15) is 5.03 Å². The second-order valence-electron chi connectivity index (χ2n) is 9.86. The van der Waals surface area contributed by atoms with Crippen LogP contribution in [0.5, 0.6) is 0 Å². The number of benzene rings is 1. The van der Waals surface area contributed by atoms with Crippen LogP contribution in [0.4, 0.5) is 16.2 Å². The molecule has 2 aromatic rings. The first-order valence-electron chi connectivity index (χ1n) is 12.8. The van der Waals surface area contributed by atoms with E-state index in [1.54, 1.807) is 16.7 Å². The number of nitrogens with one attached hydrogen (secondary N) is 1. The Labute approximate surface area is 212 Å². The molecule has 1 aromatic heterocycles. The highest BCUT2D eigenvalue weighted by molar-refractivity contribution is 7.99. The van der Waals surface area contributed by atoms with Gasteiger partial charge in [0.05, 0.1) is 5.69 Å². The number of amides is 3. The number of nitrogens with zero attached hydrogens (tertiary/aromatic N) is 4. The lowest BCUT2D eigenvalue weighted by atomic mass is 9.94. The second-order valence-corrected chi connectivity index (χ2v) is 10.9. The smallest absolute Gasteiger partial charge is 0.326 e. The number of fused-ring (bicyclic) bond motifs is 1. The van der Waals surface area contributed by atoms with Gasteiger partial charge in [-0.1, -0.05) is 19.3 Å². The third-order valence-corrected chi connectivity index (χ3v) is 8.37. The third kappa shape index (κ3) is 5.33. The van der Waals surface area contributed by atoms with E-state index in [1.165, 1.54) is 32.1 Å². The van der Waals surface area contributed by atoms with Crippen LogP contribution in [0, 0.1) is 13.8 Å². The average molecular weight is 494 g/mol. The van der Waals surface area contributed by atoms with Crippen molar-refractivity contribution in [1.82, 2.24) is 14.8 Å². The lowest BCUT2D eigenvalue weighted by Crippen LogP contribution is -2.52. The number of carbonyl (C=O) groups excluding carboxylic acids is 2. The van der Waals surface area contributed by atoms with Crippen LogP contribution < -0.4 is 10.2 Å². The van der Waals surface area contributed by atoms with Gasteiger partial charge in [0.25, 0.3) is 5.91 Å². The van der Waals surface area contributed by atoms with Crippen LogP contribution in [0.15, 0.2) is 35.4 Å². The molecule has 2 fully saturated rings. The van der Waals surface area contributed by atoms with E-state index >= 15 is 0 Å². The summed E-state index contributed by atoms with van der Waals surface area (Å²) in [5.74, 6) is 0.892. The van der Waals surface area contributed by atoms with Gasteiger partial charge in [0.15, 0.2) is 0 Å². The lowest BCUT2D eigenvalue weighted by Gasteiger charge is -2.40. The minimum absolute atomic E-state index is 0.0743. The van der Waals surface area contributed by atoms with E-state index in [4.69, 9.17) is 0 Å². The molecule has 35 heavy (non-hydrogen) atoms. The molecule has 1 aliphatic carbocycles. The Hall–Kier alpha value is -2.58. The Morgan fingerprint density at radius 2 is 1.69 bits per heavy atom. The van der Waals surface area contributed by atoms with E-state index in [0.29, 0.717) is 23.8 Å². The van der Waals surface area contributed by atoms with Gasteiger partial charge in [0.2, 0.25) is 0 Å². The van der Waals surface area contributed by atoms with Gasteiger partial charge in [-0.3, -0.25) is 14.6 Å². The molecule has 5 rings (SSSR count). The number of anilines is 2. The zero-order valence-corrected chi connectivity index (χ0v) is 21.6. The minimum atomic E-state index is -0.168. The van der Waals surface area contributed by atoms with E-state index in [1.807, 2.05) is 49.1 Å². The van der Waals surface area contributed by atoms with Crippen molar-refractivity contribution in [2.45, 2.75) is 57.0 Å². The van der Waals surface area contributed by atoms with E-state index in [-0.39, 0.29) is 11.9 Å². The summed E-state index contributed by atoms with van der Waals surface area (Å²) in [6, 6.07) is 9.84. The molecule has 3 amide bonds. The quantitative estimate of drug-likeness (QED) is 0.656. The van der Waals surface area contributed by atoms with Crippen LogP contribution in [0.1, 0.15) is 53.7 Å². The van der Waals surface area contributed by atoms with Crippen molar-refractivity contribution in [3.63, 3.8) is 0 Å². The zero-order chi connectivity index (χ0) is 24.4. The summed E-state index contributed by atoms with van der Waals surface area (Å²) >= 11 is 1.69. The zero-order valence-electron chi connectivity index (χ0n) is 20.8. The topological polar surface area (TPSA) is 68.8 Å². The van der Waals surface area contributed by atoms with Gasteiger partial charge in [-0.15, -0.1) is 11.8 Å². The highest BCUT2D eigenvalue weighted by Gasteiger charge is 2.28. The van der Waals surface area contributed by atoms with Crippen LogP contribution in [0.3, 0.4) is 0 Å². The number of hydrogen-bond donors (Lipinski definition) is 1. The Balaban J connectivity index is 1.18. The number of rotatable bonds is 3. The Morgan fingerprint density at radius 3 is 2.40 bits per heavy atom. The van der Waals surface area contributed by atoms with Gasteiger partial charge in [-0.05, 0) is 62.6 Å². The maximum Gasteiger partial charge on any atom is 0.326 e. The highest BCUT2D eigenvalue weighted by Crippen LogP contribution is 2.36. The lowest BCUT2D eigenvalue weighted by molar-refractivity contribution is 0.0523. The fraction of sp³-hybridized carbons (Fsp3) is 0.519. The van der Waals surface area contributed by atoms with Crippen LogP contribution in [0.2, 0.25) is 0 Å². The summed E-state index contributed by atoms with van der Waals surface area (Å²) in [5.41, 5.74) is 4.27. The number of thioether (sulfide) groups is 1. The third-order valence-electron chi connectivity index (χ3n) is 7.42. The summed E-state index contributed by atoms with van der Waals surface area (Å²) in [5, 5.41) is 3.91.